The normalized spacial score (nSPS) is 23.1. The van der Waals surface area contributed by atoms with Gasteiger partial charge >= 0.3 is 0 Å². The van der Waals surface area contributed by atoms with Crippen molar-refractivity contribution in [3.63, 3.8) is 0 Å². The van der Waals surface area contributed by atoms with Crippen LogP contribution in [0.2, 0.25) is 0 Å². The van der Waals surface area contributed by atoms with Gasteiger partial charge in [0.25, 0.3) is 5.91 Å². The highest BCUT2D eigenvalue weighted by Gasteiger charge is 2.38. The van der Waals surface area contributed by atoms with Crippen molar-refractivity contribution in [3.05, 3.63) is 24.2 Å². The molecule has 0 aromatic carbocycles. The SMILES string of the molecule is O=C(NCC1(N2CCOCC2)CCCCC1)c1cnc2c(c1)ncn2C1CCCC1. The summed E-state index contributed by atoms with van der Waals surface area (Å²) in [4.78, 5) is 24.7. The lowest BCUT2D eigenvalue weighted by Crippen LogP contribution is -2.59. The van der Waals surface area contributed by atoms with Crippen LogP contribution in [-0.4, -0.2) is 63.7 Å². The third-order valence-electron chi connectivity index (χ3n) is 7.44. The third kappa shape index (κ3) is 3.85. The summed E-state index contributed by atoms with van der Waals surface area (Å²) in [5, 5.41) is 3.24. The Bertz CT molecular complexity index is 877. The minimum absolute atomic E-state index is 0.0435. The van der Waals surface area contributed by atoms with Crippen molar-refractivity contribution in [1.82, 2.24) is 24.8 Å². The molecule has 5 rings (SSSR count). The van der Waals surface area contributed by atoms with Gasteiger partial charge in [0.05, 0.1) is 25.1 Å². The first-order valence-corrected chi connectivity index (χ1v) is 11.7. The molecule has 7 heteroatoms. The zero-order valence-corrected chi connectivity index (χ0v) is 17.8. The van der Waals surface area contributed by atoms with E-state index in [4.69, 9.17) is 4.74 Å². The number of aromatic nitrogens is 3. The number of carbonyl (C=O) groups excluding carboxylic acids is 1. The van der Waals surface area contributed by atoms with E-state index in [1.54, 1.807) is 6.20 Å². The lowest BCUT2D eigenvalue weighted by atomic mass is 9.79. The van der Waals surface area contributed by atoms with Gasteiger partial charge in [-0.1, -0.05) is 32.1 Å². The van der Waals surface area contributed by atoms with E-state index in [9.17, 15) is 4.79 Å². The maximum Gasteiger partial charge on any atom is 0.252 e. The molecule has 3 heterocycles. The van der Waals surface area contributed by atoms with E-state index in [-0.39, 0.29) is 11.4 Å². The number of rotatable bonds is 5. The lowest BCUT2D eigenvalue weighted by Gasteiger charge is -2.48. The molecule has 1 amide bonds. The molecular formula is C23H33N5O2. The van der Waals surface area contributed by atoms with Gasteiger partial charge in [-0.05, 0) is 31.7 Å². The Labute approximate surface area is 178 Å². The van der Waals surface area contributed by atoms with Crippen molar-refractivity contribution in [1.29, 1.82) is 0 Å². The van der Waals surface area contributed by atoms with E-state index in [0.717, 1.165) is 50.3 Å². The minimum atomic E-state index is -0.0435. The molecule has 2 aliphatic carbocycles. The fraction of sp³-hybridized carbons (Fsp3) is 0.696. The second-order valence-electron chi connectivity index (χ2n) is 9.22. The summed E-state index contributed by atoms with van der Waals surface area (Å²) in [6.45, 7) is 4.20. The average molecular weight is 412 g/mol. The summed E-state index contributed by atoms with van der Waals surface area (Å²) in [6.07, 6.45) is 14.6. The molecule has 2 aromatic heterocycles. The Morgan fingerprint density at radius 2 is 1.87 bits per heavy atom. The summed E-state index contributed by atoms with van der Waals surface area (Å²) in [5.41, 5.74) is 2.39. The average Bonchev–Trinajstić information content (AvgIpc) is 3.48. The van der Waals surface area contributed by atoms with Gasteiger partial charge in [0.1, 0.15) is 5.52 Å². The van der Waals surface area contributed by atoms with Gasteiger partial charge in [-0.2, -0.15) is 0 Å². The van der Waals surface area contributed by atoms with Crippen LogP contribution in [-0.2, 0) is 4.74 Å². The number of imidazole rings is 1. The van der Waals surface area contributed by atoms with Gasteiger partial charge in [0.15, 0.2) is 5.65 Å². The molecule has 3 fully saturated rings. The predicted molar refractivity (Wildman–Crippen MR) is 116 cm³/mol. The summed E-state index contributed by atoms with van der Waals surface area (Å²) in [6, 6.07) is 2.40. The van der Waals surface area contributed by atoms with Crippen LogP contribution in [0.3, 0.4) is 0 Å². The number of nitrogens with zero attached hydrogens (tertiary/aromatic N) is 4. The maximum atomic E-state index is 13.0. The largest absolute Gasteiger partial charge is 0.379 e. The van der Waals surface area contributed by atoms with Crippen LogP contribution in [0, 0.1) is 0 Å². The van der Waals surface area contributed by atoms with Crippen molar-refractivity contribution in [3.8, 4) is 0 Å². The Kier molecular flexibility index (Phi) is 5.74. The van der Waals surface area contributed by atoms with Gasteiger partial charge in [0, 0.05) is 37.4 Å². The summed E-state index contributed by atoms with van der Waals surface area (Å²) >= 11 is 0. The summed E-state index contributed by atoms with van der Waals surface area (Å²) in [5.74, 6) is -0.0435. The van der Waals surface area contributed by atoms with E-state index < -0.39 is 0 Å². The fourth-order valence-electron chi connectivity index (χ4n) is 5.69. The number of morpholine rings is 1. The molecule has 0 radical (unpaired) electrons. The molecule has 0 unspecified atom stereocenters. The predicted octanol–water partition coefficient (Wildman–Crippen LogP) is 3.31. The van der Waals surface area contributed by atoms with Crippen LogP contribution >= 0.6 is 0 Å². The van der Waals surface area contributed by atoms with Crippen LogP contribution in [0.15, 0.2) is 18.6 Å². The summed E-state index contributed by atoms with van der Waals surface area (Å²) < 4.78 is 7.76. The zero-order chi connectivity index (χ0) is 20.4. The van der Waals surface area contributed by atoms with Crippen molar-refractivity contribution < 1.29 is 9.53 Å². The Morgan fingerprint density at radius 3 is 2.63 bits per heavy atom. The first-order valence-electron chi connectivity index (χ1n) is 11.7. The highest BCUT2D eigenvalue weighted by Crippen LogP contribution is 2.34. The monoisotopic (exact) mass is 411 g/mol. The lowest BCUT2D eigenvalue weighted by molar-refractivity contribution is -0.0361. The van der Waals surface area contributed by atoms with E-state index >= 15 is 0 Å². The number of amides is 1. The van der Waals surface area contributed by atoms with Gasteiger partial charge < -0.3 is 14.6 Å². The molecule has 1 N–H and O–H groups in total. The van der Waals surface area contributed by atoms with E-state index in [1.165, 1.54) is 44.9 Å². The number of ether oxygens (including phenoxy) is 1. The van der Waals surface area contributed by atoms with Gasteiger partial charge in [-0.25, -0.2) is 9.97 Å². The molecule has 1 saturated heterocycles. The second kappa shape index (κ2) is 8.63. The van der Waals surface area contributed by atoms with E-state index in [0.29, 0.717) is 18.2 Å². The quantitative estimate of drug-likeness (QED) is 0.817. The van der Waals surface area contributed by atoms with E-state index in [1.807, 2.05) is 12.4 Å². The fourth-order valence-corrected chi connectivity index (χ4v) is 5.69. The van der Waals surface area contributed by atoms with Crippen LogP contribution in [0.25, 0.3) is 11.2 Å². The standard InChI is InChI=1S/C23H33N5O2/c29-22(25-16-23(8-4-1-5-9-23)27-10-12-30-13-11-27)18-14-20-21(24-15-18)28(17-26-20)19-6-2-3-7-19/h14-15,17,19H,1-13,16H2,(H,25,29). The topological polar surface area (TPSA) is 72.3 Å². The Hall–Kier alpha value is -1.99. The van der Waals surface area contributed by atoms with Gasteiger partial charge in [0.2, 0.25) is 0 Å². The van der Waals surface area contributed by atoms with Crippen LogP contribution in [0.4, 0.5) is 0 Å². The number of hydrogen-bond acceptors (Lipinski definition) is 5. The first kappa shape index (κ1) is 19.9. The molecule has 0 bridgehead atoms. The van der Waals surface area contributed by atoms with Crippen molar-refractivity contribution in [2.45, 2.75) is 69.4 Å². The Balaban J connectivity index is 1.29. The van der Waals surface area contributed by atoms with E-state index in [2.05, 4.69) is 24.8 Å². The van der Waals surface area contributed by atoms with Crippen LogP contribution in [0.1, 0.15) is 74.2 Å². The third-order valence-corrected chi connectivity index (χ3v) is 7.44. The van der Waals surface area contributed by atoms with Crippen molar-refractivity contribution in [2.75, 3.05) is 32.8 Å². The molecular weight excluding hydrogens is 378 g/mol. The van der Waals surface area contributed by atoms with Crippen LogP contribution < -0.4 is 5.32 Å². The minimum Gasteiger partial charge on any atom is -0.379 e. The van der Waals surface area contributed by atoms with Crippen molar-refractivity contribution in [2.24, 2.45) is 0 Å². The zero-order valence-electron chi connectivity index (χ0n) is 17.8. The molecule has 2 aromatic rings. The number of hydrogen-bond donors (Lipinski definition) is 1. The molecule has 30 heavy (non-hydrogen) atoms. The molecule has 1 aliphatic heterocycles. The summed E-state index contributed by atoms with van der Waals surface area (Å²) in [7, 11) is 0. The second-order valence-corrected chi connectivity index (χ2v) is 9.22. The molecule has 0 spiro atoms. The van der Waals surface area contributed by atoms with Gasteiger partial charge in [-0.15, -0.1) is 0 Å². The maximum absolute atomic E-state index is 13.0. The molecule has 7 nitrogen and oxygen atoms in total. The van der Waals surface area contributed by atoms with Crippen LogP contribution in [0.5, 0.6) is 0 Å². The molecule has 2 saturated carbocycles. The van der Waals surface area contributed by atoms with Gasteiger partial charge in [-0.3, -0.25) is 9.69 Å². The molecule has 0 atom stereocenters. The number of pyridine rings is 1. The van der Waals surface area contributed by atoms with Crippen molar-refractivity contribution >= 4 is 17.1 Å². The highest BCUT2D eigenvalue weighted by molar-refractivity contribution is 5.96. The number of fused-ring (bicyclic) bond motifs is 1. The first-order chi connectivity index (χ1) is 14.8. The number of nitrogens with one attached hydrogen (secondary N) is 1. The smallest absolute Gasteiger partial charge is 0.252 e. The number of carbonyl (C=O) groups is 1. The Morgan fingerprint density at radius 1 is 1.10 bits per heavy atom. The molecule has 162 valence electrons. The molecule has 3 aliphatic rings. The highest BCUT2D eigenvalue weighted by atomic mass is 16.5.